The molecule has 2 fully saturated rings. The number of rotatable bonds is 3. The van der Waals surface area contributed by atoms with E-state index in [9.17, 15) is 14.4 Å². The SMILES string of the molecule is CC1COCCN1C(=O)CCC(=O)N1CCN(C(=O)OC(C)(C)C)CC1. The van der Waals surface area contributed by atoms with E-state index in [0.29, 0.717) is 45.9 Å². The van der Waals surface area contributed by atoms with Gasteiger partial charge in [-0.3, -0.25) is 9.59 Å². The van der Waals surface area contributed by atoms with E-state index < -0.39 is 5.60 Å². The first kappa shape index (κ1) is 20.5. The summed E-state index contributed by atoms with van der Waals surface area (Å²) in [7, 11) is 0. The molecular formula is C18H31N3O5. The van der Waals surface area contributed by atoms with Crippen molar-refractivity contribution in [2.24, 2.45) is 0 Å². The molecule has 2 aliphatic heterocycles. The highest BCUT2D eigenvalue weighted by Gasteiger charge is 2.29. The number of hydrogen-bond acceptors (Lipinski definition) is 5. The Balaban J connectivity index is 1.73. The molecule has 0 saturated carbocycles. The van der Waals surface area contributed by atoms with Gasteiger partial charge in [0.2, 0.25) is 11.8 Å². The molecule has 0 aliphatic carbocycles. The molecule has 2 heterocycles. The van der Waals surface area contributed by atoms with Gasteiger partial charge in [-0.15, -0.1) is 0 Å². The molecule has 1 atom stereocenters. The summed E-state index contributed by atoms with van der Waals surface area (Å²) in [5.41, 5.74) is -0.527. The van der Waals surface area contributed by atoms with E-state index in [-0.39, 0.29) is 36.8 Å². The lowest BCUT2D eigenvalue weighted by Crippen LogP contribution is -2.52. The smallest absolute Gasteiger partial charge is 0.410 e. The monoisotopic (exact) mass is 369 g/mol. The molecule has 26 heavy (non-hydrogen) atoms. The van der Waals surface area contributed by atoms with Crippen LogP contribution in [-0.4, -0.2) is 90.2 Å². The molecule has 0 aromatic carbocycles. The highest BCUT2D eigenvalue weighted by atomic mass is 16.6. The van der Waals surface area contributed by atoms with Crippen LogP contribution in [0.25, 0.3) is 0 Å². The first-order chi connectivity index (χ1) is 12.2. The fourth-order valence-electron chi connectivity index (χ4n) is 3.08. The third-order valence-electron chi connectivity index (χ3n) is 4.52. The quantitative estimate of drug-likeness (QED) is 0.744. The molecule has 0 radical (unpaired) electrons. The Morgan fingerprint density at radius 3 is 2.12 bits per heavy atom. The zero-order chi connectivity index (χ0) is 19.3. The number of hydrogen-bond donors (Lipinski definition) is 0. The molecule has 0 bridgehead atoms. The van der Waals surface area contributed by atoms with E-state index in [1.54, 1.807) is 14.7 Å². The lowest BCUT2D eigenvalue weighted by atomic mass is 10.2. The minimum atomic E-state index is -0.527. The van der Waals surface area contributed by atoms with Gasteiger partial charge in [-0.05, 0) is 27.7 Å². The Labute approximate surface area is 155 Å². The van der Waals surface area contributed by atoms with Crippen molar-refractivity contribution >= 4 is 17.9 Å². The van der Waals surface area contributed by atoms with Crippen molar-refractivity contribution in [3.63, 3.8) is 0 Å². The normalized spacial score (nSPS) is 21.5. The Morgan fingerprint density at radius 1 is 0.962 bits per heavy atom. The molecule has 2 saturated heterocycles. The molecular weight excluding hydrogens is 338 g/mol. The summed E-state index contributed by atoms with van der Waals surface area (Å²) in [6, 6.07) is 0.0590. The van der Waals surface area contributed by atoms with Crippen LogP contribution in [0.3, 0.4) is 0 Å². The van der Waals surface area contributed by atoms with Gasteiger partial charge in [0.25, 0.3) is 0 Å². The maximum atomic E-state index is 12.4. The number of morpholine rings is 1. The fourth-order valence-corrected chi connectivity index (χ4v) is 3.08. The molecule has 0 N–H and O–H groups in total. The van der Waals surface area contributed by atoms with E-state index in [2.05, 4.69) is 0 Å². The summed E-state index contributed by atoms with van der Waals surface area (Å²) in [5, 5.41) is 0. The molecule has 0 spiro atoms. The maximum absolute atomic E-state index is 12.4. The van der Waals surface area contributed by atoms with Crippen LogP contribution in [0, 0.1) is 0 Å². The second kappa shape index (κ2) is 8.70. The summed E-state index contributed by atoms with van der Waals surface area (Å²) >= 11 is 0. The molecule has 148 valence electrons. The number of amides is 3. The van der Waals surface area contributed by atoms with Gasteiger partial charge in [-0.1, -0.05) is 0 Å². The van der Waals surface area contributed by atoms with Crippen molar-refractivity contribution in [1.82, 2.24) is 14.7 Å². The number of piperazine rings is 1. The van der Waals surface area contributed by atoms with Gasteiger partial charge >= 0.3 is 6.09 Å². The highest BCUT2D eigenvalue weighted by molar-refractivity contribution is 5.84. The van der Waals surface area contributed by atoms with Gasteiger partial charge in [0.15, 0.2) is 0 Å². The van der Waals surface area contributed by atoms with Crippen molar-refractivity contribution in [3.05, 3.63) is 0 Å². The summed E-state index contributed by atoms with van der Waals surface area (Å²) in [6.07, 6.45) is 0.0752. The molecule has 1 unspecified atom stereocenters. The van der Waals surface area contributed by atoms with Crippen LogP contribution >= 0.6 is 0 Å². The van der Waals surface area contributed by atoms with Crippen LogP contribution in [0.4, 0.5) is 4.79 Å². The molecule has 8 heteroatoms. The minimum absolute atomic E-state index is 0.00143. The molecule has 2 rings (SSSR count). The average molecular weight is 369 g/mol. The van der Waals surface area contributed by atoms with Crippen molar-refractivity contribution < 1.29 is 23.9 Å². The molecule has 2 aliphatic rings. The summed E-state index contributed by atoms with van der Waals surface area (Å²) < 4.78 is 10.7. The average Bonchev–Trinajstić information content (AvgIpc) is 2.58. The maximum Gasteiger partial charge on any atom is 0.410 e. The van der Waals surface area contributed by atoms with Gasteiger partial charge in [-0.25, -0.2) is 4.79 Å². The van der Waals surface area contributed by atoms with E-state index in [1.165, 1.54) is 0 Å². The zero-order valence-electron chi connectivity index (χ0n) is 16.3. The minimum Gasteiger partial charge on any atom is -0.444 e. The van der Waals surface area contributed by atoms with Crippen molar-refractivity contribution in [2.75, 3.05) is 45.9 Å². The lowest BCUT2D eigenvalue weighted by molar-refractivity contribution is -0.142. The van der Waals surface area contributed by atoms with Crippen LogP contribution in [-0.2, 0) is 19.1 Å². The van der Waals surface area contributed by atoms with E-state index in [1.807, 2.05) is 27.7 Å². The van der Waals surface area contributed by atoms with Crippen molar-refractivity contribution in [1.29, 1.82) is 0 Å². The molecule has 8 nitrogen and oxygen atoms in total. The Bertz CT molecular complexity index is 523. The third kappa shape index (κ3) is 5.86. The molecule has 3 amide bonds. The largest absolute Gasteiger partial charge is 0.444 e. The van der Waals surface area contributed by atoms with Crippen LogP contribution in [0.2, 0.25) is 0 Å². The zero-order valence-corrected chi connectivity index (χ0v) is 16.3. The number of ether oxygens (including phenoxy) is 2. The van der Waals surface area contributed by atoms with Gasteiger partial charge in [0, 0.05) is 45.6 Å². The first-order valence-electron chi connectivity index (χ1n) is 9.30. The fraction of sp³-hybridized carbons (Fsp3) is 0.833. The van der Waals surface area contributed by atoms with Crippen LogP contribution < -0.4 is 0 Å². The second-order valence-electron chi connectivity index (χ2n) is 7.86. The number of carbonyl (C=O) groups is 3. The van der Waals surface area contributed by atoms with Gasteiger partial charge < -0.3 is 24.2 Å². The number of carbonyl (C=O) groups excluding carboxylic acids is 3. The standard InChI is InChI=1S/C18H31N3O5/c1-14-13-25-12-11-21(14)16(23)6-5-15(22)19-7-9-20(10-8-19)17(24)26-18(2,3)4/h14H,5-13H2,1-4H3. The lowest BCUT2D eigenvalue weighted by Gasteiger charge is -2.36. The van der Waals surface area contributed by atoms with Crippen molar-refractivity contribution in [3.8, 4) is 0 Å². The van der Waals surface area contributed by atoms with E-state index in [4.69, 9.17) is 9.47 Å². The van der Waals surface area contributed by atoms with Gasteiger partial charge in [-0.2, -0.15) is 0 Å². The van der Waals surface area contributed by atoms with Crippen molar-refractivity contribution in [2.45, 2.75) is 52.2 Å². The Hall–Kier alpha value is -1.83. The van der Waals surface area contributed by atoms with Gasteiger partial charge in [0.1, 0.15) is 5.60 Å². The topological polar surface area (TPSA) is 79.4 Å². The number of nitrogens with zero attached hydrogens (tertiary/aromatic N) is 3. The molecule has 0 aromatic heterocycles. The highest BCUT2D eigenvalue weighted by Crippen LogP contribution is 2.14. The van der Waals surface area contributed by atoms with Crippen LogP contribution in [0.1, 0.15) is 40.5 Å². The Morgan fingerprint density at radius 2 is 1.54 bits per heavy atom. The predicted octanol–water partition coefficient (Wildman–Crippen LogP) is 1.09. The van der Waals surface area contributed by atoms with Gasteiger partial charge in [0.05, 0.1) is 19.3 Å². The summed E-state index contributed by atoms with van der Waals surface area (Å²) in [4.78, 5) is 41.8. The van der Waals surface area contributed by atoms with Crippen LogP contribution in [0.15, 0.2) is 0 Å². The third-order valence-corrected chi connectivity index (χ3v) is 4.52. The summed E-state index contributed by atoms with van der Waals surface area (Å²) in [5.74, 6) is -0.0374. The predicted molar refractivity (Wildman–Crippen MR) is 95.6 cm³/mol. The second-order valence-corrected chi connectivity index (χ2v) is 7.86. The molecule has 0 aromatic rings. The Kier molecular flexibility index (Phi) is 6.86. The van der Waals surface area contributed by atoms with E-state index >= 15 is 0 Å². The summed E-state index contributed by atoms with van der Waals surface area (Å²) in [6.45, 7) is 11.0. The van der Waals surface area contributed by atoms with E-state index in [0.717, 1.165) is 0 Å². The van der Waals surface area contributed by atoms with Crippen LogP contribution in [0.5, 0.6) is 0 Å². The first-order valence-corrected chi connectivity index (χ1v) is 9.30.